The van der Waals surface area contributed by atoms with Gasteiger partial charge in [0.2, 0.25) is 0 Å². The van der Waals surface area contributed by atoms with Gasteiger partial charge in [-0.2, -0.15) is 0 Å². The van der Waals surface area contributed by atoms with Gasteiger partial charge in [-0.25, -0.2) is 0 Å². The minimum Gasteiger partial charge on any atom is -0.342 e. The molecule has 0 bridgehead atoms. The molecule has 17 heavy (non-hydrogen) atoms. The Morgan fingerprint density at radius 1 is 0.824 bits per heavy atom. The molecule has 0 aliphatic rings. The van der Waals surface area contributed by atoms with E-state index in [0.717, 1.165) is 0 Å². The van der Waals surface area contributed by atoms with Crippen LogP contribution in [0, 0.1) is 0 Å². The molecule has 0 fully saturated rings. The Morgan fingerprint density at radius 3 is 1.41 bits per heavy atom. The lowest BCUT2D eigenvalue weighted by molar-refractivity contribution is 0.438. The first-order chi connectivity index (χ1) is 7.75. The van der Waals surface area contributed by atoms with Crippen molar-refractivity contribution < 1.29 is 0 Å². The molecule has 0 N–H and O–H groups in total. The molecule has 104 valence electrons. The molecule has 0 rings (SSSR count). The van der Waals surface area contributed by atoms with Gasteiger partial charge < -0.3 is 17.6 Å². The Labute approximate surface area is 114 Å². The topological polar surface area (TPSA) is 13.0 Å². The minimum atomic E-state index is -1.38. The molecule has 0 radical (unpaired) electrons. The predicted molar refractivity (Wildman–Crippen MR) is 86.7 cm³/mol. The highest BCUT2D eigenvalue weighted by Crippen LogP contribution is 2.14. The second kappa shape index (κ2) is 7.82. The Balaban J connectivity index is 4.85. The van der Waals surface area contributed by atoms with Crippen LogP contribution in [0.4, 0.5) is 0 Å². The number of hydrogen-bond donors (Lipinski definition) is 0. The van der Waals surface area contributed by atoms with Crippen LogP contribution < -0.4 is 0 Å². The summed E-state index contributed by atoms with van der Waals surface area (Å²) in [6.07, 6.45) is 0. The summed E-state index contributed by atoms with van der Waals surface area (Å²) in [7, 11) is 7.06. The van der Waals surface area contributed by atoms with Crippen LogP contribution >= 0.6 is 0 Å². The lowest BCUT2D eigenvalue weighted by atomic mass is 10.7. The zero-order valence-corrected chi connectivity index (χ0v) is 16.9. The van der Waals surface area contributed by atoms with E-state index in [0.29, 0.717) is 0 Å². The lowest BCUT2D eigenvalue weighted by Crippen LogP contribution is -2.67. The van der Waals surface area contributed by atoms with Crippen molar-refractivity contribution >= 4 is 28.1 Å². The predicted octanol–water partition coefficient (Wildman–Crippen LogP) is -0.547. The van der Waals surface area contributed by atoms with E-state index in [1.165, 1.54) is 13.1 Å². The van der Waals surface area contributed by atoms with Crippen LogP contribution in [0.25, 0.3) is 0 Å². The molecule has 0 amide bonds. The Hall–Kier alpha value is 0.491. The van der Waals surface area contributed by atoms with Crippen LogP contribution in [0.1, 0.15) is 13.8 Å². The molecule has 0 saturated carbocycles. The summed E-state index contributed by atoms with van der Waals surface area (Å²) in [6.45, 7) is 12.0. The fraction of sp³-hybridized carbons (Fsp3) is 1.00. The van der Waals surface area contributed by atoms with E-state index >= 15 is 0 Å². The number of hydrogen-bond acceptors (Lipinski definition) is 4. The van der Waals surface area contributed by atoms with Crippen molar-refractivity contribution in [2.75, 3.05) is 41.3 Å². The smallest absolute Gasteiger partial charge is 0.188 e. The third-order valence-corrected chi connectivity index (χ3v) is 15.5. The van der Waals surface area contributed by atoms with E-state index in [1.807, 2.05) is 0 Å². The molecule has 4 nitrogen and oxygen atoms in total. The van der Waals surface area contributed by atoms with Crippen LogP contribution in [-0.2, 0) is 0 Å². The standard InChI is InChI=1S/C10H32N4Si3/c1-9-13(10-2)17(7,8)14(15-11(3)4)16-12(5)6/h9-10,15-16H2,1-8H3. The highest BCUT2D eigenvalue weighted by atomic mass is 28.4. The summed E-state index contributed by atoms with van der Waals surface area (Å²) in [5.41, 5.74) is 0. The van der Waals surface area contributed by atoms with Crippen LogP contribution in [-0.4, -0.2) is 87.0 Å². The zero-order valence-electron chi connectivity index (χ0n) is 13.1. The Bertz CT molecular complexity index is 198. The quantitative estimate of drug-likeness (QED) is 0.557. The van der Waals surface area contributed by atoms with Gasteiger partial charge in [0.25, 0.3) is 0 Å². The van der Waals surface area contributed by atoms with Crippen molar-refractivity contribution in [2.24, 2.45) is 0 Å². The van der Waals surface area contributed by atoms with Crippen molar-refractivity contribution in [3.63, 3.8) is 0 Å². The molecule has 0 atom stereocenters. The summed E-state index contributed by atoms with van der Waals surface area (Å²) < 4.78 is 10.5. The first-order valence-electron chi connectivity index (χ1n) is 6.55. The van der Waals surface area contributed by atoms with Crippen molar-refractivity contribution in [3.8, 4) is 0 Å². The fourth-order valence-electron chi connectivity index (χ4n) is 2.27. The van der Waals surface area contributed by atoms with Crippen LogP contribution in [0.5, 0.6) is 0 Å². The number of rotatable bonds is 8. The maximum Gasteiger partial charge on any atom is 0.188 e. The molecule has 0 unspecified atom stereocenters. The second-order valence-corrected chi connectivity index (χ2v) is 16.7. The maximum absolute atomic E-state index is 2.92. The van der Waals surface area contributed by atoms with Gasteiger partial charge in [-0.15, -0.1) is 0 Å². The largest absolute Gasteiger partial charge is 0.342 e. The fourth-order valence-corrected chi connectivity index (χ4v) is 14.0. The molecular weight excluding hydrogens is 260 g/mol. The highest BCUT2D eigenvalue weighted by molar-refractivity contribution is 6.84. The molecule has 0 aromatic heterocycles. The Morgan fingerprint density at radius 2 is 1.18 bits per heavy atom. The molecule has 0 aliphatic heterocycles. The maximum atomic E-state index is 2.92. The van der Waals surface area contributed by atoms with E-state index in [4.69, 9.17) is 0 Å². The van der Waals surface area contributed by atoms with E-state index in [2.05, 4.69) is 72.7 Å². The highest BCUT2D eigenvalue weighted by Gasteiger charge is 2.35. The van der Waals surface area contributed by atoms with Gasteiger partial charge in [0, 0.05) is 0 Å². The molecule has 0 saturated heterocycles. The summed E-state index contributed by atoms with van der Waals surface area (Å²) >= 11 is 0. The molecule has 0 heterocycles. The van der Waals surface area contributed by atoms with Gasteiger partial charge in [0.05, 0.1) is 0 Å². The van der Waals surface area contributed by atoms with E-state index < -0.39 is 8.40 Å². The van der Waals surface area contributed by atoms with Gasteiger partial charge >= 0.3 is 0 Å². The summed E-state index contributed by atoms with van der Waals surface area (Å²) in [4.78, 5) is 0. The van der Waals surface area contributed by atoms with Gasteiger partial charge in [-0.3, -0.25) is 0 Å². The molecular formula is C10H32N4Si3. The normalized spacial score (nSPS) is 14.8. The van der Waals surface area contributed by atoms with Crippen molar-refractivity contribution in [3.05, 3.63) is 0 Å². The van der Waals surface area contributed by atoms with Gasteiger partial charge in [0.15, 0.2) is 28.1 Å². The van der Waals surface area contributed by atoms with Crippen LogP contribution in [0.2, 0.25) is 13.1 Å². The van der Waals surface area contributed by atoms with E-state index in [-0.39, 0.29) is 19.7 Å². The Kier molecular flexibility index (Phi) is 8.05. The zero-order chi connectivity index (χ0) is 13.6. The van der Waals surface area contributed by atoms with Gasteiger partial charge in [0.1, 0.15) is 0 Å². The van der Waals surface area contributed by atoms with Crippen LogP contribution in [0.15, 0.2) is 0 Å². The SMILES string of the molecule is CCN(CC)[Si](C)(C)N([SiH2]N(C)C)[SiH2]N(C)C. The average Bonchev–Trinajstić information content (AvgIpc) is 2.16. The third kappa shape index (κ3) is 5.77. The molecule has 0 aromatic carbocycles. The molecule has 0 spiro atoms. The summed E-state index contributed by atoms with van der Waals surface area (Å²) in [6, 6.07) is 0. The monoisotopic (exact) mass is 292 g/mol. The molecule has 0 aromatic rings. The van der Waals surface area contributed by atoms with Crippen LogP contribution in [0.3, 0.4) is 0 Å². The van der Waals surface area contributed by atoms with E-state index in [1.54, 1.807) is 0 Å². The van der Waals surface area contributed by atoms with Crippen molar-refractivity contribution in [1.82, 2.24) is 17.6 Å². The number of nitrogens with zero attached hydrogens (tertiary/aromatic N) is 4. The van der Waals surface area contributed by atoms with Gasteiger partial charge in [-0.05, 0) is 54.4 Å². The van der Waals surface area contributed by atoms with Crippen molar-refractivity contribution in [1.29, 1.82) is 0 Å². The average molecular weight is 293 g/mol. The second-order valence-electron chi connectivity index (χ2n) is 5.65. The first-order valence-corrected chi connectivity index (χ1v) is 12.0. The van der Waals surface area contributed by atoms with Crippen molar-refractivity contribution in [2.45, 2.75) is 26.9 Å². The molecule has 7 heteroatoms. The minimum absolute atomic E-state index is 0.242. The summed E-state index contributed by atoms with van der Waals surface area (Å²) in [5.74, 6) is 0. The van der Waals surface area contributed by atoms with Gasteiger partial charge in [-0.1, -0.05) is 13.8 Å². The lowest BCUT2D eigenvalue weighted by Gasteiger charge is -2.46. The first kappa shape index (κ1) is 17.5. The molecule has 0 aliphatic carbocycles. The third-order valence-electron chi connectivity index (χ3n) is 3.22. The van der Waals surface area contributed by atoms with E-state index in [9.17, 15) is 0 Å². The summed E-state index contributed by atoms with van der Waals surface area (Å²) in [5, 5.41) is 0.